The van der Waals surface area contributed by atoms with Crippen LogP contribution in [0.4, 0.5) is 24.5 Å². The van der Waals surface area contributed by atoms with E-state index in [2.05, 4.69) is 15.2 Å². The molecule has 11 heteroatoms. The highest BCUT2D eigenvalue weighted by Crippen LogP contribution is 2.35. The third-order valence-corrected chi connectivity index (χ3v) is 6.00. The first-order valence-corrected chi connectivity index (χ1v) is 11.9. The second kappa shape index (κ2) is 11.5. The summed E-state index contributed by atoms with van der Waals surface area (Å²) in [7, 11) is 0. The number of rotatable bonds is 7. The molecular weight excluding hydrogens is 499 g/mol. The van der Waals surface area contributed by atoms with Gasteiger partial charge in [-0.1, -0.05) is 12.1 Å². The average molecular weight is 526 g/mol. The van der Waals surface area contributed by atoms with Crippen molar-refractivity contribution in [2.45, 2.75) is 25.7 Å². The van der Waals surface area contributed by atoms with Crippen molar-refractivity contribution in [3.05, 3.63) is 71.4 Å². The number of hydrogen-bond donors (Lipinski definition) is 2. The Labute approximate surface area is 217 Å². The summed E-state index contributed by atoms with van der Waals surface area (Å²) in [5.74, 6) is -0.364. The lowest BCUT2D eigenvalue weighted by Crippen LogP contribution is -2.36. The van der Waals surface area contributed by atoms with Gasteiger partial charge in [0.1, 0.15) is 11.8 Å². The zero-order valence-corrected chi connectivity index (χ0v) is 20.6. The van der Waals surface area contributed by atoms with Crippen LogP contribution in [-0.2, 0) is 17.5 Å². The topological polar surface area (TPSA) is 113 Å². The van der Waals surface area contributed by atoms with Crippen LogP contribution in [0.2, 0.25) is 0 Å². The summed E-state index contributed by atoms with van der Waals surface area (Å²) in [6, 6.07) is 13.2. The van der Waals surface area contributed by atoms with Crippen molar-refractivity contribution in [1.29, 1.82) is 5.26 Å². The van der Waals surface area contributed by atoms with Crippen LogP contribution in [0.5, 0.6) is 5.88 Å². The summed E-state index contributed by atoms with van der Waals surface area (Å²) >= 11 is 0. The number of halogens is 3. The molecule has 3 aromatic rings. The van der Waals surface area contributed by atoms with Crippen LogP contribution in [0.3, 0.4) is 0 Å². The monoisotopic (exact) mass is 525 g/mol. The number of alkyl halides is 3. The molecule has 0 saturated carbocycles. The van der Waals surface area contributed by atoms with Crippen LogP contribution in [0.1, 0.15) is 28.4 Å². The summed E-state index contributed by atoms with van der Waals surface area (Å²) < 4.78 is 50.4. The molecule has 38 heavy (non-hydrogen) atoms. The van der Waals surface area contributed by atoms with E-state index in [-0.39, 0.29) is 12.1 Å². The second-order valence-corrected chi connectivity index (χ2v) is 8.65. The molecule has 2 aromatic carbocycles. The summed E-state index contributed by atoms with van der Waals surface area (Å²) in [6.45, 7) is 4.11. The number of nitrogens with two attached hydrogens (primary N) is 1. The molecule has 0 unspecified atom stereocenters. The summed E-state index contributed by atoms with van der Waals surface area (Å²) in [4.78, 5) is 19.3. The molecule has 0 aliphatic carbocycles. The van der Waals surface area contributed by atoms with E-state index >= 15 is 0 Å². The zero-order chi connectivity index (χ0) is 27.3. The normalized spacial score (nSPS) is 14.5. The van der Waals surface area contributed by atoms with Gasteiger partial charge in [-0.25, -0.2) is 4.98 Å². The van der Waals surface area contributed by atoms with Crippen molar-refractivity contribution in [3.63, 3.8) is 0 Å². The number of benzene rings is 2. The molecule has 1 aliphatic heterocycles. The molecular formula is C27H26F3N5O3. The molecule has 1 aromatic heterocycles. The maximum atomic E-state index is 13.1. The number of ether oxygens (including phenoxy) is 2. The quantitative estimate of drug-likeness (QED) is 0.463. The predicted molar refractivity (Wildman–Crippen MR) is 136 cm³/mol. The third kappa shape index (κ3) is 6.22. The summed E-state index contributed by atoms with van der Waals surface area (Å²) in [6.07, 6.45) is -3.67. The standard InChI is InChI=1S/C27H26F3N5O3/c1-17(14-31)38-26-24(35-7-9-37-10-8-35)12-20(16-33-26)23-13-22(6-5-19(23)15-32)34-25(36)18-3-2-4-21(11-18)27(28,29)30/h2-6,11-13,16-17H,7-10,15,32H2,1H3,(H,34,36)/t17-/m1/s1. The van der Waals surface area contributed by atoms with Gasteiger partial charge in [-0.15, -0.1) is 0 Å². The Bertz CT molecular complexity index is 1350. The highest BCUT2D eigenvalue weighted by Gasteiger charge is 2.31. The van der Waals surface area contributed by atoms with Crippen LogP contribution >= 0.6 is 0 Å². The fourth-order valence-corrected chi connectivity index (χ4v) is 4.04. The largest absolute Gasteiger partial charge is 0.458 e. The van der Waals surface area contributed by atoms with E-state index in [9.17, 15) is 23.2 Å². The third-order valence-electron chi connectivity index (χ3n) is 6.00. The van der Waals surface area contributed by atoms with Crippen molar-refractivity contribution in [2.75, 3.05) is 36.5 Å². The molecule has 0 spiro atoms. The van der Waals surface area contributed by atoms with E-state index in [0.717, 1.165) is 17.7 Å². The van der Waals surface area contributed by atoms with Crippen molar-refractivity contribution >= 4 is 17.3 Å². The van der Waals surface area contributed by atoms with Crippen molar-refractivity contribution in [1.82, 2.24) is 4.98 Å². The summed E-state index contributed by atoms with van der Waals surface area (Å²) in [5, 5.41) is 11.9. The molecule has 0 bridgehead atoms. The minimum absolute atomic E-state index is 0.117. The van der Waals surface area contributed by atoms with Crippen LogP contribution in [0.15, 0.2) is 54.7 Å². The number of hydrogen-bond acceptors (Lipinski definition) is 7. The Morgan fingerprint density at radius 1 is 1.24 bits per heavy atom. The number of nitrogens with zero attached hydrogens (tertiary/aromatic N) is 3. The average Bonchev–Trinajstić information content (AvgIpc) is 2.93. The molecule has 1 aliphatic rings. The van der Waals surface area contributed by atoms with Gasteiger partial charge >= 0.3 is 6.18 Å². The first-order valence-electron chi connectivity index (χ1n) is 11.9. The van der Waals surface area contributed by atoms with Crippen molar-refractivity contribution < 1.29 is 27.4 Å². The van der Waals surface area contributed by atoms with Crippen LogP contribution in [0.25, 0.3) is 11.1 Å². The smallest absolute Gasteiger partial charge is 0.416 e. The number of aromatic nitrogens is 1. The minimum atomic E-state index is -4.56. The number of anilines is 2. The van der Waals surface area contributed by atoms with Gasteiger partial charge in [0.25, 0.3) is 5.91 Å². The fourth-order valence-electron chi connectivity index (χ4n) is 4.04. The van der Waals surface area contributed by atoms with Crippen molar-refractivity contribution in [2.24, 2.45) is 5.73 Å². The first kappa shape index (κ1) is 26.9. The molecule has 1 fully saturated rings. The van der Waals surface area contributed by atoms with Gasteiger partial charge in [0.15, 0.2) is 6.10 Å². The van der Waals surface area contributed by atoms with E-state index in [1.54, 1.807) is 31.3 Å². The fraction of sp³-hybridized carbons (Fsp3) is 0.296. The number of carbonyl (C=O) groups excluding carboxylic acids is 1. The minimum Gasteiger partial charge on any atom is -0.458 e. The van der Waals surface area contributed by atoms with E-state index < -0.39 is 23.8 Å². The molecule has 8 nitrogen and oxygen atoms in total. The molecule has 2 heterocycles. The second-order valence-electron chi connectivity index (χ2n) is 8.65. The number of carbonyl (C=O) groups is 1. The Kier molecular flexibility index (Phi) is 8.14. The van der Waals surface area contributed by atoms with E-state index in [1.807, 2.05) is 12.1 Å². The number of morpholine rings is 1. The van der Waals surface area contributed by atoms with E-state index in [0.29, 0.717) is 54.7 Å². The number of nitrogens with one attached hydrogen (secondary N) is 1. The maximum Gasteiger partial charge on any atom is 0.416 e. The number of pyridine rings is 1. The van der Waals surface area contributed by atoms with Crippen LogP contribution < -0.4 is 20.7 Å². The van der Waals surface area contributed by atoms with Crippen LogP contribution in [-0.4, -0.2) is 43.3 Å². The van der Waals surface area contributed by atoms with Gasteiger partial charge in [-0.2, -0.15) is 18.4 Å². The Morgan fingerprint density at radius 2 is 2.00 bits per heavy atom. The molecule has 1 atom stereocenters. The number of amides is 1. The Hall–Kier alpha value is -4.14. The highest BCUT2D eigenvalue weighted by molar-refractivity contribution is 6.04. The lowest BCUT2D eigenvalue weighted by atomic mass is 9.99. The highest BCUT2D eigenvalue weighted by atomic mass is 19.4. The maximum absolute atomic E-state index is 13.1. The molecule has 198 valence electrons. The van der Waals surface area contributed by atoms with E-state index in [1.165, 1.54) is 12.1 Å². The molecule has 4 rings (SSSR count). The van der Waals surface area contributed by atoms with Gasteiger partial charge in [-0.05, 0) is 54.4 Å². The van der Waals surface area contributed by atoms with Gasteiger partial charge in [0.2, 0.25) is 5.88 Å². The Morgan fingerprint density at radius 3 is 2.68 bits per heavy atom. The first-order chi connectivity index (χ1) is 18.2. The molecule has 1 saturated heterocycles. The van der Waals surface area contributed by atoms with Gasteiger partial charge in [0.05, 0.1) is 18.8 Å². The Balaban J connectivity index is 1.67. The van der Waals surface area contributed by atoms with Gasteiger partial charge in [-0.3, -0.25) is 4.79 Å². The zero-order valence-electron chi connectivity index (χ0n) is 20.6. The SMILES string of the molecule is C[C@H](C#N)Oc1ncc(-c2cc(NC(=O)c3cccc(C(F)(F)F)c3)ccc2CN)cc1N1CCOCC1. The lowest BCUT2D eigenvalue weighted by Gasteiger charge is -2.30. The van der Waals surface area contributed by atoms with Crippen molar-refractivity contribution in [3.8, 4) is 23.1 Å². The van der Waals surface area contributed by atoms with Crippen LogP contribution in [0, 0.1) is 11.3 Å². The van der Waals surface area contributed by atoms with Gasteiger partial charge in [0, 0.05) is 42.6 Å². The molecule has 1 amide bonds. The predicted octanol–water partition coefficient (Wildman–Crippen LogP) is 4.61. The molecule has 3 N–H and O–H groups in total. The van der Waals surface area contributed by atoms with Gasteiger partial charge < -0.3 is 25.4 Å². The summed E-state index contributed by atoms with van der Waals surface area (Å²) in [5.41, 5.74) is 8.19. The van der Waals surface area contributed by atoms with E-state index in [4.69, 9.17) is 15.2 Å². The molecule has 0 radical (unpaired) electrons. The number of nitriles is 1. The lowest BCUT2D eigenvalue weighted by molar-refractivity contribution is -0.137.